The first kappa shape index (κ1) is 17.1. The van der Waals surface area contributed by atoms with Gasteiger partial charge in [-0.15, -0.1) is 11.8 Å². The largest absolute Gasteiger partial charge is 0.341 e. The van der Waals surface area contributed by atoms with Crippen molar-refractivity contribution in [3.05, 3.63) is 28.8 Å². The fourth-order valence-electron chi connectivity index (χ4n) is 2.71. The van der Waals surface area contributed by atoms with Crippen molar-refractivity contribution in [1.82, 2.24) is 9.21 Å². The highest BCUT2D eigenvalue weighted by Crippen LogP contribution is 2.33. The molecule has 2 aliphatic rings. The van der Waals surface area contributed by atoms with Crippen LogP contribution in [0.4, 0.5) is 0 Å². The summed E-state index contributed by atoms with van der Waals surface area (Å²) < 4.78 is 27.3. The fraction of sp³-hybridized carbons (Fsp3) is 0.533. The number of amides is 1. The summed E-state index contributed by atoms with van der Waals surface area (Å²) >= 11 is 7.43. The van der Waals surface area contributed by atoms with Crippen LogP contribution in [0.5, 0.6) is 0 Å². The molecule has 1 saturated heterocycles. The molecule has 0 aromatic heterocycles. The van der Waals surface area contributed by atoms with Crippen molar-refractivity contribution in [3.63, 3.8) is 0 Å². The molecule has 1 aliphatic carbocycles. The van der Waals surface area contributed by atoms with Crippen LogP contribution in [0.15, 0.2) is 23.1 Å². The molecule has 23 heavy (non-hydrogen) atoms. The Morgan fingerprint density at radius 3 is 2.74 bits per heavy atom. The lowest BCUT2D eigenvalue weighted by atomic mass is 10.2. The normalized spacial score (nSPS) is 22.3. The third kappa shape index (κ3) is 3.24. The number of sulfonamides is 1. The molecule has 0 bridgehead atoms. The Morgan fingerprint density at radius 1 is 1.39 bits per heavy atom. The van der Waals surface area contributed by atoms with E-state index in [9.17, 15) is 13.2 Å². The predicted octanol–water partition coefficient (Wildman–Crippen LogP) is 2.33. The van der Waals surface area contributed by atoms with Gasteiger partial charge in [0, 0.05) is 23.9 Å². The molecule has 2 fully saturated rings. The highest BCUT2D eigenvalue weighted by molar-refractivity contribution is 8.00. The Morgan fingerprint density at radius 2 is 2.09 bits per heavy atom. The van der Waals surface area contributed by atoms with Gasteiger partial charge >= 0.3 is 0 Å². The van der Waals surface area contributed by atoms with Crippen LogP contribution in [0, 0.1) is 6.92 Å². The third-order valence-corrected chi connectivity index (χ3v) is 7.71. The SMILES string of the molecule is Cc1ccc(Cl)cc1S(=O)(=O)N1CSCC1C(=O)N(C)C1CC1. The van der Waals surface area contributed by atoms with Crippen molar-refractivity contribution >= 4 is 39.3 Å². The van der Waals surface area contributed by atoms with Gasteiger partial charge in [0.1, 0.15) is 6.04 Å². The first-order valence-corrected chi connectivity index (χ1v) is 10.4. The van der Waals surface area contributed by atoms with Crippen LogP contribution in [0.1, 0.15) is 18.4 Å². The van der Waals surface area contributed by atoms with E-state index < -0.39 is 16.1 Å². The van der Waals surface area contributed by atoms with Crippen molar-refractivity contribution in [2.45, 2.75) is 36.7 Å². The topological polar surface area (TPSA) is 57.7 Å². The third-order valence-electron chi connectivity index (χ3n) is 4.31. The molecule has 1 unspecified atom stereocenters. The lowest BCUT2D eigenvalue weighted by Gasteiger charge is -2.27. The van der Waals surface area contributed by atoms with Gasteiger partial charge < -0.3 is 4.90 Å². The smallest absolute Gasteiger partial charge is 0.244 e. The zero-order valence-electron chi connectivity index (χ0n) is 13.0. The molecule has 3 rings (SSSR count). The van der Waals surface area contributed by atoms with Gasteiger partial charge in [-0.25, -0.2) is 8.42 Å². The average molecular weight is 375 g/mol. The number of thioether (sulfide) groups is 1. The minimum atomic E-state index is -3.74. The number of nitrogens with zero attached hydrogens (tertiary/aromatic N) is 2. The van der Waals surface area contributed by atoms with Crippen molar-refractivity contribution < 1.29 is 13.2 Å². The second-order valence-corrected chi connectivity index (χ2v) is 9.29. The van der Waals surface area contributed by atoms with E-state index in [0.29, 0.717) is 22.2 Å². The number of halogens is 1. The molecule has 0 radical (unpaired) electrons. The second kappa shape index (κ2) is 6.27. The van der Waals surface area contributed by atoms with Gasteiger partial charge in [-0.2, -0.15) is 4.31 Å². The van der Waals surface area contributed by atoms with Crippen LogP contribution < -0.4 is 0 Å². The van der Waals surface area contributed by atoms with Crippen molar-refractivity contribution in [1.29, 1.82) is 0 Å². The number of carbonyl (C=O) groups is 1. The van der Waals surface area contributed by atoms with Crippen LogP contribution >= 0.6 is 23.4 Å². The van der Waals surface area contributed by atoms with Gasteiger partial charge in [-0.3, -0.25) is 4.79 Å². The van der Waals surface area contributed by atoms with E-state index in [1.54, 1.807) is 31.0 Å². The van der Waals surface area contributed by atoms with E-state index in [4.69, 9.17) is 11.6 Å². The van der Waals surface area contributed by atoms with Crippen molar-refractivity contribution in [2.24, 2.45) is 0 Å². The zero-order valence-corrected chi connectivity index (χ0v) is 15.4. The Kier molecular flexibility index (Phi) is 4.66. The highest BCUT2D eigenvalue weighted by Gasteiger charge is 2.43. The summed E-state index contributed by atoms with van der Waals surface area (Å²) in [5.74, 6) is 0.679. The minimum absolute atomic E-state index is 0.110. The summed E-state index contributed by atoms with van der Waals surface area (Å²) in [6, 6.07) is 4.45. The Hall–Kier alpha value is -0.760. The molecule has 5 nitrogen and oxygen atoms in total. The van der Waals surface area contributed by atoms with E-state index in [1.165, 1.54) is 22.1 Å². The molecular weight excluding hydrogens is 356 g/mol. The molecular formula is C15H19ClN2O3S2. The van der Waals surface area contributed by atoms with Gasteiger partial charge in [0.15, 0.2) is 0 Å². The lowest BCUT2D eigenvalue weighted by molar-refractivity contribution is -0.133. The van der Waals surface area contributed by atoms with Crippen LogP contribution in [0.25, 0.3) is 0 Å². The van der Waals surface area contributed by atoms with Gasteiger partial charge in [-0.1, -0.05) is 17.7 Å². The Bertz CT molecular complexity index is 734. The first-order valence-electron chi connectivity index (χ1n) is 7.45. The van der Waals surface area contributed by atoms with Gasteiger partial charge in [0.2, 0.25) is 15.9 Å². The van der Waals surface area contributed by atoms with E-state index in [2.05, 4.69) is 0 Å². The van der Waals surface area contributed by atoms with Crippen LogP contribution in [-0.4, -0.2) is 54.3 Å². The van der Waals surface area contributed by atoms with E-state index >= 15 is 0 Å². The molecule has 1 atom stereocenters. The molecule has 0 N–H and O–H groups in total. The van der Waals surface area contributed by atoms with Crippen LogP contribution in [0.3, 0.4) is 0 Å². The number of rotatable bonds is 4. The van der Waals surface area contributed by atoms with Crippen LogP contribution in [-0.2, 0) is 14.8 Å². The van der Waals surface area contributed by atoms with Crippen molar-refractivity contribution in [2.75, 3.05) is 18.7 Å². The molecule has 1 heterocycles. The lowest BCUT2D eigenvalue weighted by Crippen LogP contribution is -2.48. The molecule has 1 aromatic rings. The van der Waals surface area contributed by atoms with E-state index in [1.807, 2.05) is 0 Å². The summed E-state index contributed by atoms with van der Waals surface area (Å²) in [6.45, 7) is 1.74. The van der Waals surface area contributed by atoms with E-state index in [0.717, 1.165) is 12.8 Å². The minimum Gasteiger partial charge on any atom is -0.341 e. The quantitative estimate of drug-likeness (QED) is 0.811. The number of hydrogen-bond acceptors (Lipinski definition) is 4. The monoisotopic (exact) mass is 374 g/mol. The second-order valence-electron chi connectivity index (χ2n) is 6.00. The molecule has 1 amide bonds. The molecule has 1 aromatic carbocycles. The first-order chi connectivity index (χ1) is 10.8. The fourth-order valence-corrected chi connectivity index (χ4v) is 6.34. The van der Waals surface area contributed by atoms with Gasteiger partial charge in [-0.05, 0) is 37.5 Å². The zero-order chi connectivity index (χ0) is 16.8. The van der Waals surface area contributed by atoms with Crippen LogP contribution in [0.2, 0.25) is 5.02 Å². The number of likely N-dealkylation sites (N-methyl/N-ethyl adjacent to an activating group) is 1. The number of aryl methyl sites for hydroxylation is 1. The average Bonchev–Trinajstić information content (AvgIpc) is 3.24. The summed E-state index contributed by atoms with van der Waals surface area (Å²) in [4.78, 5) is 14.5. The summed E-state index contributed by atoms with van der Waals surface area (Å²) in [7, 11) is -1.98. The predicted molar refractivity (Wildman–Crippen MR) is 92.1 cm³/mol. The maximum atomic E-state index is 13.0. The van der Waals surface area contributed by atoms with E-state index in [-0.39, 0.29) is 16.8 Å². The number of carbonyl (C=O) groups excluding carboxylic acids is 1. The number of benzene rings is 1. The molecule has 126 valence electrons. The van der Waals surface area contributed by atoms with Crippen molar-refractivity contribution in [3.8, 4) is 0 Å². The number of hydrogen-bond donors (Lipinski definition) is 0. The molecule has 1 aliphatic heterocycles. The maximum Gasteiger partial charge on any atom is 0.244 e. The van der Waals surface area contributed by atoms with Gasteiger partial charge in [0.25, 0.3) is 0 Å². The summed E-state index contributed by atoms with van der Waals surface area (Å²) in [6.07, 6.45) is 2.00. The molecule has 8 heteroatoms. The summed E-state index contributed by atoms with van der Waals surface area (Å²) in [5.41, 5.74) is 0.632. The Balaban J connectivity index is 1.91. The van der Waals surface area contributed by atoms with Gasteiger partial charge in [0.05, 0.1) is 10.8 Å². The maximum absolute atomic E-state index is 13.0. The Labute approximate surface area is 146 Å². The highest BCUT2D eigenvalue weighted by atomic mass is 35.5. The molecule has 1 saturated carbocycles. The summed E-state index contributed by atoms with van der Waals surface area (Å²) in [5, 5.41) is 0.374. The molecule has 0 spiro atoms. The standard InChI is InChI=1S/C15H19ClN2O3S2/c1-10-3-4-11(16)7-14(10)23(20,21)18-9-22-8-13(18)15(19)17(2)12-5-6-12/h3-4,7,12-13H,5-6,8-9H2,1-2H3.